The molecule has 0 bridgehead atoms. The van der Waals surface area contributed by atoms with Crippen molar-refractivity contribution in [1.82, 2.24) is 25.1 Å². The van der Waals surface area contributed by atoms with E-state index in [1.807, 2.05) is 43.1 Å². The second-order valence-corrected chi connectivity index (χ2v) is 12.3. The van der Waals surface area contributed by atoms with Crippen LogP contribution in [0.1, 0.15) is 42.7 Å². The Balaban J connectivity index is 1.28. The third-order valence-corrected chi connectivity index (χ3v) is 9.18. The minimum atomic E-state index is -0.398. The first kappa shape index (κ1) is 31.0. The van der Waals surface area contributed by atoms with E-state index in [1.54, 1.807) is 11.1 Å². The van der Waals surface area contributed by atoms with Gasteiger partial charge in [0.25, 0.3) is 5.91 Å². The number of rotatable bonds is 7. The number of urea groups is 1. The first-order chi connectivity index (χ1) is 21.8. The number of ether oxygens (including phenoxy) is 1. The molecule has 238 valence electrons. The Morgan fingerprint density at radius 3 is 2.71 bits per heavy atom. The van der Waals surface area contributed by atoms with Crippen LogP contribution in [0.15, 0.2) is 42.6 Å². The summed E-state index contributed by atoms with van der Waals surface area (Å²) in [5, 5.41) is 3.46. The van der Waals surface area contributed by atoms with Crippen molar-refractivity contribution in [3.8, 4) is 17.1 Å². The van der Waals surface area contributed by atoms with Crippen LogP contribution in [0.3, 0.4) is 0 Å². The van der Waals surface area contributed by atoms with E-state index >= 15 is 0 Å². The van der Waals surface area contributed by atoms with Gasteiger partial charge in [-0.2, -0.15) is 0 Å². The number of halogens is 2. The van der Waals surface area contributed by atoms with Crippen LogP contribution < -0.4 is 19.9 Å². The summed E-state index contributed by atoms with van der Waals surface area (Å²) in [6.45, 7) is 8.04. The number of pyridine rings is 2. The highest BCUT2D eigenvalue weighted by atomic mass is 35.5. The van der Waals surface area contributed by atoms with Gasteiger partial charge in [0.15, 0.2) is 5.69 Å². The number of carbonyl (C=O) groups excluding carboxylic acids is 2. The van der Waals surface area contributed by atoms with Crippen molar-refractivity contribution in [3.63, 3.8) is 0 Å². The van der Waals surface area contributed by atoms with Crippen LogP contribution in [0.5, 0.6) is 5.88 Å². The van der Waals surface area contributed by atoms with Gasteiger partial charge in [0.2, 0.25) is 5.88 Å². The number of likely N-dealkylation sites (tertiary alicyclic amines) is 1. The van der Waals surface area contributed by atoms with E-state index in [1.165, 1.54) is 12.1 Å². The lowest BCUT2D eigenvalue weighted by Crippen LogP contribution is -2.57. The molecule has 0 saturated carbocycles. The fourth-order valence-electron chi connectivity index (χ4n) is 6.66. The van der Waals surface area contributed by atoms with Crippen molar-refractivity contribution in [2.24, 2.45) is 0 Å². The van der Waals surface area contributed by atoms with Crippen LogP contribution in [0, 0.1) is 5.82 Å². The summed E-state index contributed by atoms with van der Waals surface area (Å²) in [6.07, 6.45) is 3.86. The number of hydrogen-bond donors (Lipinski definition) is 1. The first-order valence-corrected chi connectivity index (χ1v) is 16.0. The fraction of sp³-hybridized carbons (Fsp3) is 0.455. The number of piperazine rings is 1. The summed E-state index contributed by atoms with van der Waals surface area (Å²) in [4.78, 5) is 44.9. The molecule has 0 unspecified atom stereocenters. The van der Waals surface area contributed by atoms with Gasteiger partial charge in [-0.1, -0.05) is 18.5 Å². The Hall–Kier alpha value is -3.96. The molecule has 3 aliphatic rings. The van der Waals surface area contributed by atoms with Crippen LogP contribution in [0.4, 0.5) is 20.6 Å². The zero-order valence-corrected chi connectivity index (χ0v) is 26.7. The number of carbonyl (C=O) groups is 2. The molecule has 5 heterocycles. The highest BCUT2D eigenvalue weighted by molar-refractivity contribution is 6.34. The van der Waals surface area contributed by atoms with Crippen molar-refractivity contribution >= 4 is 34.9 Å². The Morgan fingerprint density at radius 2 is 1.96 bits per heavy atom. The van der Waals surface area contributed by atoms with Crippen molar-refractivity contribution < 1.29 is 18.7 Å². The van der Waals surface area contributed by atoms with Gasteiger partial charge < -0.3 is 24.8 Å². The normalized spacial score (nSPS) is 20.0. The fourth-order valence-corrected chi connectivity index (χ4v) is 6.99. The lowest BCUT2D eigenvalue weighted by atomic mass is 10.1. The second-order valence-electron chi connectivity index (χ2n) is 11.9. The Bertz CT molecular complexity index is 1590. The minimum Gasteiger partial charge on any atom is -0.477 e. The van der Waals surface area contributed by atoms with Crippen LogP contribution in [0.25, 0.3) is 11.3 Å². The number of likely N-dealkylation sites (N-methyl/N-ethyl adjacent to an activating group) is 1. The molecule has 0 aliphatic carbocycles. The molecular formula is C33H39ClFN7O3. The maximum absolute atomic E-state index is 14.0. The van der Waals surface area contributed by atoms with E-state index in [0.717, 1.165) is 37.2 Å². The zero-order valence-electron chi connectivity index (χ0n) is 25.9. The van der Waals surface area contributed by atoms with E-state index < -0.39 is 5.82 Å². The number of nitrogens with one attached hydrogen (secondary N) is 1. The van der Waals surface area contributed by atoms with Crippen molar-refractivity contribution in [2.45, 2.75) is 45.2 Å². The van der Waals surface area contributed by atoms with Gasteiger partial charge in [0, 0.05) is 51.0 Å². The average Bonchev–Trinajstić information content (AvgIpc) is 3.66. The van der Waals surface area contributed by atoms with Crippen LogP contribution in [0.2, 0.25) is 5.02 Å². The maximum Gasteiger partial charge on any atom is 0.324 e. The molecule has 0 spiro atoms. The van der Waals surface area contributed by atoms with E-state index in [-0.39, 0.29) is 29.0 Å². The predicted molar refractivity (Wildman–Crippen MR) is 173 cm³/mol. The second kappa shape index (κ2) is 13.2. The summed E-state index contributed by atoms with van der Waals surface area (Å²) < 4.78 is 19.7. The standard InChI is InChI=1S/C33H39ClFN7O3/c1-4-24-20-40(33(44)42-14-10-21-17-22(35)18-26(34)30(21)42)15-16-41(24)28-9-8-27(25-7-6-12-36-32(25)45-5-2)38-29(28)31(43)37-23-11-13-39(3)19-23/h6-9,12,17-18,23-24H,4-5,10-11,13-16,19-20H2,1-3H3,(H,37,43)/t23-,24+/m0/s1. The molecule has 3 aliphatic heterocycles. The number of amides is 3. The molecule has 2 saturated heterocycles. The summed E-state index contributed by atoms with van der Waals surface area (Å²) in [5.74, 6) is -0.156. The predicted octanol–water partition coefficient (Wildman–Crippen LogP) is 4.85. The molecule has 3 aromatic rings. The van der Waals surface area contributed by atoms with E-state index in [4.69, 9.17) is 21.3 Å². The van der Waals surface area contributed by atoms with E-state index in [0.29, 0.717) is 67.7 Å². The molecule has 2 aromatic heterocycles. The van der Waals surface area contributed by atoms with Gasteiger partial charge in [-0.3, -0.25) is 9.69 Å². The molecule has 2 atom stereocenters. The molecule has 2 fully saturated rings. The topological polar surface area (TPSA) is 94.1 Å². The van der Waals surface area contributed by atoms with E-state index in [9.17, 15) is 14.0 Å². The van der Waals surface area contributed by atoms with E-state index in [2.05, 4.69) is 27.0 Å². The lowest BCUT2D eigenvalue weighted by molar-refractivity contribution is 0.0933. The lowest BCUT2D eigenvalue weighted by Gasteiger charge is -2.44. The number of benzene rings is 1. The Kier molecular flexibility index (Phi) is 9.09. The van der Waals surface area contributed by atoms with Crippen LogP contribution in [-0.2, 0) is 6.42 Å². The number of hydrogen-bond acceptors (Lipinski definition) is 7. The maximum atomic E-state index is 14.0. The molecule has 45 heavy (non-hydrogen) atoms. The highest BCUT2D eigenvalue weighted by Gasteiger charge is 2.36. The zero-order chi connectivity index (χ0) is 31.7. The van der Waals surface area contributed by atoms with Gasteiger partial charge in [-0.25, -0.2) is 19.2 Å². The monoisotopic (exact) mass is 635 g/mol. The Labute approximate surface area is 268 Å². The summed E-state index contributed by atoms with van der Waals surface area (Å²) in [7, 11) is 2.05. The third-order valence-electron chi connectivity index (χ3n) is 8.89. The minimum absolute atomic E-state index is 0.0401. The summed E-state index contributed by atoms with van der Waals surface area (Å²) in [5.41, 5.74) is 3.73. The van der Waals surface area contributed by atoms with Gasteiger partial charge in [0.1, 0.15) is 5.82 Å². The largest absolute Gasteiger partial charge is 0.477 e. The van der Waals surface area contributed by atoms with Gasteiger partial charge in [-0.05, 0) is 81.7 Å². The number of aromatic nitrogens is 2. The summed E-state index contributed by atoms with van der Waals surface area (Å²) >= 11 is 6.39. The third kappa shape index (κ3) is 6.28. The SMILES string of the molecule is CCOc1ncccc1-c1ccc(N2CCN(C(=O)N3CCc4cc(F)cc(Cl)c43)C[C@H]2CC)c(C(=O)N[C@H]2CCN(C)C2)n1. The molecule has 1 aromatic carbocycles. The van der Waals surface area contributed by atoms with Crippen LogP contribution in [-0.4, -0.2) is 96.7 Å². The van der Waals surface area contributed by atoms with Gasteiger partial charge in [-0.15, -0.1) is 0 Å². The number of nitrogens with zero attached hydrogens (tertiary/aromatic N) is 6. The molecule has 0 radical (unpaired) electrons. The van der Waals surface area contributed by atoms with Crippen molar-refractivity contribution in [2.75, 3.05) is 62.7 Å². The number of fused-ring (bicyclic) bond motifs is 1. The van der Waals surface area contributed by atoms with Gasteiger partial charge in [0.05, 0.1) is 34.3 Å². The number of anilines is 2. The molecular weight excluding hydrogens is 597 g/mol. The molecule has 3 amide bonds. The van der Waals surface area contributed by atoms with Crippen molar-refractivity contribution in [1.29, 1.82) is 0 Å². The van der Waals surface area contributed by atoms with Gasteiger partial charge >= 0.3 is 6.03 Å². The van der Waals surface area contributed by atoms with Crippen molar-refractivity contribution in [3.05, 3.63) is 64.7 Å². The summed E-state index contributed by atoms with van der Waals surface area (Å²) in [6, 6.07) is 10.1. The van der Waals surface area contributed by atoms with Crippen LogP contribution >= 0.6 is 11.6 Å². The molecule has 12 heteroatoms. The Morgan fingerprint density at radius 1 is 1.11 bits per heavy atom. The molecule has 6 rings (SSSR count). The highest BCUT2D eigenvalue weighted by Crippen LogP contribution is 2.37. The first-order valence-electron chi connectivity index (χ1n) is 15.7. The smallest absolute Gasteiger partial charge is 0.324 e. The average molecular weight is 636 g/mol. The molecule has 1 N–H and O–H groups in total. The molecule has 10 nitrogen and oxygen atoms in total. The quantitative estimate of drug-likeness (QED) is 0.397.